The fraction of sp³-hybridized carbons (Fsp3) is 0.361. The van der Waals surface area contributed by atoms with Crippen molar-refractivity contribution in [1.29, 1.82) is 0 Å². The minimum Gasteiger partial charge on any atom is -0.496 e. The first-order valence-electron chi connectivity index (χ1n) is 16.0. The molecular formula is C36H39Cl2N5O4. The van der Waals surface area contributed by atoms with Crippen LogP contribution in [0.5, 0.6) is 5.75 Å². The molecule has 0 aliphatic carbocycles. The summed E-state index contributed by atoms with van der Waals surface area (Å²) in [5.41, 5.74) is 5.61. The predicted molar refractivity (Wildman–Crippen MR) is 185 cm³/mol. The van der Waals surface area contributed by atoms with Gasteiger partial charge in [0.1, 0.15) is 11.4 Å². The monoisotopic (exact) mass is 675 g/mol. The summed E-state index contributed by atoms with van der Waals surface area (Å²) < 4.78 is 16.6. The van der Waals surface area contributed by atoms with Crippen molar-refractivity contribution in [3.8, 4) is 28.1 Å². The van der Waals surface area contributed by atoms with Gasteiger partial charge in [-0.25, -0.2) is 0 Å². The topological polar surface area (TPSA) is 107 Å². The number of pyridine rings is 2. The highest BCUT2D eigenvalue weighted by molar-refractivity contribution is 6.39. The van der Waals surface area contributed by atoms with Gasteiger partial charge in [-0.15, -0.1) is 0 Å². The smallest absolute Gasteiger partial charge is 0.274 e. The van der Waals surface area contributed by atoms with Crippen LogP contribution in [0.3, 0.4) is 0 Å². The molecule has 0 saturated carbocycles. The summed E-state index contributed by atoms with van der Waals surface area (Å²) in [6.45, 7) is 4.52. The average molecular weight is 677 g/mol. The van der Waals surface area contributed by atoms with Gasteiger partial charge in [0, 0.05) is 86.2 Å². The molecule has 47 heavy (non-hydrogen) atoms. The SMILES string of the molecule is COc1cc(-c2nccc(-c3cccc(NC(=O)c4ccc(CNC5CCOCC5)cn4)c3Cl)c2Cl)ccc1CNC1CCOCC1. The van der Waals surface area contributed by atoms with E-state index in [0.29, 0.717) is 63.4 Å². The zero-order valence-corrected chi connectivity index (χ0v) is 27.9. The minimum atomic E-state index is -0.354. The highest BCUT2D eigenvalue weighted by atomic mass is 35.5. The van der Waals surface area contributed by atoms with Gasteiger partial charge in [-0.05, 0) is 55.5 Å². The maximum absolute atomic E-state index is 13.1. The number of aromatic nitrogens is 2. The molecular weight excluding hydrogens is 637 g/mol. The zero-order chi connectivity index (χ0) is 32.6. The number of amides is 1. The third-order valence-electron chi connectivity index (χ3n) is 8.66. The summed E-state index contributed by atoms with van der Waals surface area (Å²) in [6.07, 6.45) is 7.42. The molecule has 11 heteroatoms. The molecule has 9 nitrogen and oxygen atoms in total. The van der Waals surface area contributed by atoms with Crippen LogP contribution in [0.1, 0.15) is 47.3 Å². The van der Waals surface area contributed by atoms with E-state index in [1.807, 2.05) is 42.5 Å². The number of benzene rings is 2. The number of rotatable bonds is 11. The van der Waals surface area contributed by atoms with Crippen LogP contribution in [0.15, 0.2) is 67.0 Å². The second-order valence-corrected chi connectivity index (χ2v) is 12.5. The Bertz CT molecular complexity index is 1670. The molecule has 4 heterocycles. The van der Waals surface area contributed by atoms with Gasteiger partial charge in [0.05, 0.1) is 28.5 Å². The number of halogens is 2. The van der Waals surface area contributed by atoms with Crippen LogP contribution in [-0.2, 0) is 22.6 Å². The molecule has 0 radical (unpaired) electrons. The quantitative estimate of drug-likeness (QED) is 0.157. The van der Waals surface area contributed by atoms with Crippen LogP contribution in [0, 0.1) is 0 Å². The third-order valence-corrected chi connectivity index (χ3v) is 9.45. The van der Waals surface area contributed by atoms with Crippen molar-refractivity contribution in [2.45, 2.75) is 50.9 Å². The molecule has 2 fully saturated rings. The highest BCUT2D eigenvalue weighted by Gasteiger charge is 2.19. The average Bonchev–Trinajstić information content (AvgIpc) is 3.12. The molecule has 0 spiro atoms. The van der Waals surface area contributed by atoms with E-state index in [9.17, 15) is 4.79 Å². The summed E-state index contributed by atoms with van der Waals surface area (Å²) in [7, 11) is 1.66. The molecule has 2 aliphatic heterocycles. The number of nitrogens with zero attached hydrogens (tertiary/aromatic N) is 2. The fourth-order valence-corrected chi connectivity index (χ4v) is 6.49. The van der Waals surface area contributed by atoms with Crippen LogP contribution in [0.4, 0.5) is 5.69 Å². The Balaban J connectivity index is 1.15. The summed E-state index contributed by atoms with van der Waals surface area (Å²) in [4.78, 5) is 22.1. The fourth-order valence-electron chi connectivity index (χ4n) is 5.90. The van der Waals surface area contributed by atoms with Crippen LogP contribution in [0.2, 0.25) is 10.0 Å². The second kappa shape index (κ2) is 16.0. The zero-order valence-electron chi connectivity index (χ0n) is 26.4. The number of hydrogen-bond donors (Lipinski definition) is 3. The minimum absolute atomic E-state index is 0.297. The number of carbonyl (C=O) groups is 1. The van der Waals surface area contributed by atoms with Crippen LogP contribution >= 0.6 is 23.2 Å². The van der Waals surface area contributed by atoms with Crippen molar-refractivity contribution in [1.82, 2.24) is 20.6 Å². The number of methoxy groups -OCH3 is 1. The number of nitrogens with one attached hydrogen (secondary N) is 3. The summed E-state index contributed by atoms with van der Waals surface area (Å²) in [6, 6.07) is 17.8. The lowest BCUT2D eigenvalue weighted by molar-refractivity contribution is 0.0774. The lowest BCUT2D eigenvalue weighted by atomic mass is 10.0. The van der Waals surface area contributed by atoms with Gasteiger partial charge < -0.3 is 30.2 Å². The first-order chi connectivity index (χ1) is 23.0. The van der Waals surface area contributed by atoms with Gasteiger partial charge in [-0.3, -0.25) is 14.8 Å². The molecule has 0 bridgehead atoms. The van der Waals surface area contributed by atoms with E-state index >= 15 is 0 Å². The standard InChI is InChI=1S/C36H39Cl2N5O4/c1-45-32-19-24(6-7-25(32)22-41-27-12-17-47-18-13-27)35-34(38)29(9-14-39-35)28-3-2-4-30(33(28)37)43-36(44)31-8-5-23(21-42-31)20-40-26-10-15-46-16-11-26/h2-9,14,19,21,26-27,40-41H,10-13,15-18,20,22H2,1H3,(H,43,44). The number of anilines is 1. The Hall–Kier alpha value is -3.57. The molecule has 2 aliphatic rings. The normalized spacial score (nSPS) is 15.8. The largest absolute Gasteiger partial charge is 0.496 e. The number of hydrogen-bond acceptors (Lipinski definition) is 8. The van der Waals surface area contributed by atoms with Gasteiger partial charge in [0.25, 0.3) is 5.91 Å². The van der Waals surface area contributed by atoms with Crippen molar-refractivity contribution in [2.24, 2.45) is 0 Å². The molecule has 246 valence electrons. The molecule has 2 aromatic heterocycles. The lowest BCUT2D eigenvalue weighted by Gasteiger charge is -2.23. The van der Waals surface area contributed by atoms with E-state index < -0.39 is 0 Å². The molecule has 4 aromatic rings. The van der Waals surface area contributed by atoms with Gasteiger partial charge in [-0.2, -0.15) is 0 Å². The summed E-state index contributed by atoms with van der Waals surface area (Å²) in [5.74, 6) is 0.401. The maximum atomic E-state index is 13.1. The molecule has 3 N–H and O–H groups in total. The maximum Gasteiger partial charge on any atom is 0.274 e. The van der Waals surface area contributed by atoms with Gasteiger partial charge in [-0.1, -0.05) is 53.5 Å². The molecule has 1 amide bonds. The van der Waals surface area contributed by atoms with Crippen molar-refractivity contribution in [3.05, 3.63) is 93.9 Å². The van der Waals surface area contributed by atoms with E-state index in [4.69, 9.17) is 37.4 Å². The van der Waals surface area contributed by atoms with Crippen molar-refractivity contribution in [3.63, 3.8) is 0 Å². The van der Waals surface area contributed by atoms with Crippen molar-refractivity contribution < 1.29 is 19.0 Å². The van der Waals surface area contributed by atoms with Gasteiger partial charge in [0.15, 0.2) is 0 Å². The van der Waals surface area contributed by atoms with E-state index in [1.54, 1.807) is 31.6 Å². The third kappa shape index (κ3) is 8.30. The Morgan fingerprint density at radius 2 is 1.55 bits per heavy atom. The highest BCUT2D eigenvalue weighted by Crippen LogP contribution is 2.41. The van der Waals surface area contributed by atoms with Crippen molar-refractivity contribution >= 4 is 34.8 Å². The van der Waals surface area contributed by atoms with Gasteiger partial charge in [0.2, 0.25) is 0 Å². The molecule has 2 aromatic carbocycles. The van der Waals surface area contributed by atoms with Crippen LogP contribution < -0.4 is 20.7 Å². The van der Waals surface area contributed by atoms with E-state index in [-0.39, 0.29) is 5.91 Å². The van der Waals surface area contributed by atoms with E-state index in [0.717, 1.165) is 74.6 Å². The Kier molecular flexibility index (Phi) is 11.4. The van der Waals surface area contributed by atoms with E-state index in [2.05, 4.69) is 25.9 Å². The summed E-state index contributed by atoms with van der Waals surface area (Å²) in [5, 5.41) is 10.9. The molecule has 0 atom stereocenters. The summed E-state index contributed by atoms with van der Waals surface area (Å²) >= 11 is 13.9. The van der Waals surface area contributed by atoms with Gasteiger partial charge >= 0.3 is 0 Å². The first-order valence-corrected chi connectivity index (χ1v) is 16.7. The molecule has 2 saturated heterocycles. The Labute approximate surface area is 285 Å². The Morgan fingerprint density at radius 1 is 0.851 bits per heavy atom. The number of carbonyl (C=O) groups excluding carboxylic acids is 1. The Morgan fingerprint density at radius 3 is 2.23 bits per heavy atom. The number of ether oxygens (including phenoxy) is 3. The molecule has 0 unspecified atom stereocenters. The molecule has 6 rings (SSSR count). The van der Waals surface area contributed by atoms with Crippen LogP contribution in [-0.4, -0.2) is 61.5 Å². The predicted octanol–water partition coefficient (Wildman–Crippen LogP) is 6.92. The van der Waals surface area contributed by atoms with E-state index in [1.165, 1.54) is 0 Å². The van der Waals surface area contributed by atoms with Crippen molar-refractivity contribution in [2.75, 3.05) is 38.9 Å². The van der Waals surface area contributed by atoms with Crippen LogP contribution in [0.25, 0.3) is 22.4 Å². The second-order valence-electron chi connectivity index (χ2n) is 11.8. The lowest BCUT2D eigenvalue weighted by Crippen LogP contribution is -2.34. The first kappa shape index (κ1) is 33.3.